The molecule has 126 valence electrons. The normalized spacial score (nSPS) is 15.7. The van der Waals surface area contributed by atoms with Crippen LogP contribution >= 0.6 is 0 Å². The van der Waals surface area contributed by atoms with E-state index in [0.717, 1.165) is 25.9 Å². The van der Waals surface area contributed by atoms with Crippen molar-refractivity contribution in [3.05, 3.63) is 36.3 Å². The van der Waals surface area contributed by atoms with Crippen molar-refractivity contribution >= 4 is 17.9 Å². The molecule has 1 saturated heterocycles. The van der Waals surface area contributed by atoms with Crippen LogP contribution in [0.25, 0.3) is 0 Å². The summed E-state index contributed by atoms with van der Waals surface area (Å²) in [7, 11) is 2.07. The minimum atomic E-state index is -1.26. The molecule has 1 aromatic rings. The monoisotopic (exact) mass is 325 g/mol. The smallest absolute Gasteiger partial charge is 0.374 e. The van der Waals surface area contributed by atoms with Gasteiger partial charge in [-0.05, 0) is 32.0 Å². The van der Waals surface area contributed by atoms with E-state index in [-0.39, 0.29) is 17.8 Å². The Morgan fingerprint density at radius 1 is 1.22 bits per heavy atom. The third-order valence-corrected chi connectivity index (χ3v) is 3.03. The summed E-state index contributed by atoms with van der Waals surface area (Å²) >= 11 is 0. The Morgan fingerprint density at radius 3 is 2.22 bits per heavy atom. The second-order valence-corrected chi connectivity index (χ2v) is 4.90. The van der Waals surface area contributed by atoms with E-state index in [2.05, 4.69) is 11.9 Å². The van der Waals surface area contributed by atoms with Gasteiger partial charge in [-0.2, -0.15) is 0 Å². The first-order valence-electron chi connectivity index (χ1n) is 6.95. The highest BCUT2D eigenvalue weighted by Crippen LogP contribution is 2.14. The highest BCUT2D eigenvalue weighted by atomic mass is 16.6. The summed E-state index contributed by atoms with van der Waals surface area (Å²) in [6.45, 7) is 1.96. The van der Waals surface area contributed by atoms with E-state index in [1.165, 1.54) is 6.26 Å². The number of carboxylic acids is 2. The molecule has 2 heterocycles. The van der Waals surface area contributed by atoms with E-state index in [0.29, 0.717) is 12.2 Å². The van der Waals surface area contributed by atoms with Gasteiger partial charge in [0.05, 0.1) is 6.26 Å². The van der Waals surface area contributed by atoms with Gasteiger partial charge < -0.3 is 24.3 Å². The zero-order valence-electron chi connectivity index (χ0n) is 12.7. The van der Waals surface area contributed by atoms with Gasteiger partial charge in [0.2, 0.25) is 5.76 Å². The molecule has 1 aliphatic rings. The summed E-state index contributed by atoms with van der Waals surface area (Å²) in [5, 5.41) is 15.6. The number of hydrogen-bond donors (Lipinski definition) is 2. The van der Waals surface area contributed by atoms with Crippen LogP contribution in [0.2, 0.25) is 0 Å². The van der Waals surface area contributed by atoms with Crippen molar-refractivity contribution in [1.29, 1.82) is 0 Å². The van der Waals surface area contributed by atoms with Crippen molar-refractivity contribution in [2.75, 3.05) is 20.1 Å². The second-order valence-electron chi connectivity index (χ2n) is 4.90. The van der Waals surface area contributed by atoms with Crippen LogP contribution in [0.15, 0.2) is 35.0 Å². The molecule has 0 amide bonds. The third kappa shape index (κ3) is 7.82. The summed E-state index contributed by atoms with van der Waals surface area (Å²) in [6.07, 6.45) is 4.45. The van der Waals surface area contributed by atoms with Crippen molar-refractivity contribution in [2.45, 2.75) is 18.9 Å². The van der Waals surface area contributed by atoms with Crippen molar-refractivity contribution in [3.63, 3.8) is 0 Å². The van der Waals surface area contributed by atoms with Crippen LogP contribution in [0, 0.1) is 0 Å². The molecule has 8 nitrogen and oxygen atoms in total. The number of furan rings is 1. The van der Waals surface area contributed by atoms with E-state index in [9.17, 15) is 14.4 Å². The van der Waals surface area contributed by atoms with Gasteiger partial charge >= 0.3 is 17.9 Å². The van der Waals surface area contributed by atoms with Gasteiger partial charge in [0.25, 0.3) is 0 Å². The minimum Gasteiger partial charge on any atom is -0.478 e. The Balaban J connectivity index is 0.000000284. The molecule has 2 N–H and O–H groups in total. The number of ether oxygens (including phenoxy) is 1. The molecule has 1 aromatic heterocycles. The average molecular weight is 325 g/mol. The fourth-order valence-corrected chi connectivity index (χ4v) is 1.85. The van der Waals surface area contributed by atoms with E-state index in [4.69, 9.17) is 19.4 Å². The van der Waals surface area contributed by atoms with Crippen LogP contribution in [-0.4, -0.2) is 59.3 Å². The fraction of sp³-hybridized carbons (Fsp3) is 0.400. The molecule has 0 aliphatic carbocycles. The van der Waals surface area contributed by atoms with E-state index >= 15 is 0 Å². The predicted molar refractivity (Wildman–Crippen MR) is 79.1 cm³/mol. The number of nitrogens with zero attached hydrogens (tertiary/aromatic N) is 1. The molecule has 23 heavy (non-hydrogen) atoms. The zero-order valence-corrected chi connectivity index (χ0v) is 12.7. The number of likely N-dealkylation sites (tertiary alicyclic amines) is 1. The maximum atomic E-state index is 11.5. The van der Waals surface area contributed by atoms with Crippen LogP contribution in [0.5, 0.6) is 0 Å². The van der Waals surface area contributed by atoms with Crippen molar-refractivity contribution in [2.24, 2.45) is 0 Å². The summed E-state index contributed by atoms with van der Waals surface area (Å²) in [5.74, 6) is -2.58. The molecule has 0 unspecified atom stereocenters. The molecule has 0 aromatic carbocycles. The van der Waals surface area contributed by atoms with Gasteiger partial charge in [0.15, 0.2) is 0 Å². The lowest BCUT2D eigenvalue weighted by atomic mass is 10.1. The lowest BCUT2D eigenvalue weighted by Gasteiger charge is -2.28. The minimum absolute atomic E-state index is 0.0406. The van der Waals surface area contributed by atoms with Crippen LogP contribution < -0.4 is 0 Å². The largest absolute Gasteiger partial charge is 0.478 e. The Morgan fingerprint density at radius 2 is 1.78 bits per heavy atom. The van der Waals surface area contributed by atoms with Gasteiger partial charge in [-0.1, -0.05) is 0 Å². The van der Waals surface area contributed by atoms with Gasteiger partial charge in [0, 0.05) is 25.2 Å². The maximum absolute atomic E-state index is 11.5. The SMILES string of the molecule is CN1CCC(OC(=O)c2ccco2)CC1.O=C(O)/C=C\C(=O)O. The Hall–Kier alpha value is -2.61. The maximum Gasteiger partial charge on any atom is 0.374 e. The lowest BCUT2D eigenvalue weighted by molar-refractivity contribution is -0.134. The molecule has 2 rings (SSSR count). The zero-order chi connectivity index (χ0) is 17.2. The number of piperidine rings is 1. The Kier molecular flexibility index (Phi) is 7.55. The highest BCUT2D eigenvalue weighted by molar-refractivity contribution is 5.89. The molecule has 0 radical (unpaired) electrons. The van der Waals surface area contributed by atoms with Gasteiger partial charge in [0.1, 0.15) is 6.10 Å². The summed E-state index contributed by atoms with van der Waals surface area (Å²) in [6, 6.07) is 3.31. The highest BCUT2D eigenvalue weighted by Gasteiger charge is 2.21. The molecular weight excluding hydrogens is 306 g/mol. The lowest BCUT2D eigenvalue weighted by Crippen LogP contribution is -2.35. The number of hydrogen-bond acceptors (Lipinski definition) is 6. The van der Waals surface area contributed by atoms with Gasteiger partial charge in [-0.25, -0.2) is 14.4 Å². The molecule has 0 saturated carbocycles. The third-order valence-electron chi connectivity index (χ3n) is 3.03. The number of esters is 1. The Bertz CT molecular complexity index is 526. The molecule has 0 bridgehead atoms. The molecule has 0 atom stereocenters. The number of carboxylic acid groups (broad SMARTS) is 2. The topological polar surface area (TPSA) is 117 Å². The van der Waals surface area contributed by atoms with Crippen molar-refractivity contribution in [3.8, 4) is 0 Å². The van der Waals surface area contributed by atoms with Crippen molar-refractivity contribution < 1.29 is 33.8 Å². The standard InChI is InChI=1S/C11H15NO3.C4H4O4/c1-12-6-4-9(5-7-12)15-11(13)10-3-2-8-14-10;5-3(6)1-2-4(7)8/h2-3,8-9H,4-7H2,1H3;1-2H,(H,5,6)(H,7,8)/b;2-1-. The van der Waals surface area contributed by atoms with Crippen LogP contribution in [0.1, 0.15) is 23.4 Å². The van der Waals surface area contributed by atoms with E-state index < -0.39 is 11.9 Å². The fourth-order valence-electron chi connectivity index (χ4n) is 1.85. The van der Waals surface area contributed by atoms with Crippen LogP contribution in [0.3, 0.4) is 0 Å². The number of aliphatic carboxylic acids is 2. The molecule has 1 fully saturated rings. The van der Waals surface area contributed by atoms with Crippen molar-refractivity contribution in [1.82, 2.24) is 4.90 Å². The molecule has 0 spiro atoms. The predicted octanol–water partition coefficient (Wildman–Crippen LogP) is 1.24. The van der Waals surface area contributed by atoms with E-state index in [1.807, 2.05) is 0 Å². The summed E-state index contributed by atoms with van der Waals surface area (Å²) in [5.41, 5.74) is 0. The van der Waals surface area contributed by atoms with Gasteiger partial charge in [-0.15, -0.1) is 0 Å². The summed E-state index contributed by atoms with van der Waals surface area (Å²) < 4.78 is 10.3. The average Bonchev–Trinajstić information content (AvgIpc) is 3.02. The number of carbonyl (C=O) groups excluding carboxylic acids is 1. The molecule has 8 heteroatoms. The second kappa shape index (κ2) is 9.42. The quantitative estimate of drug-likeness (QED) is 0.627. The molecular formula is C15H19NO7. The first-order chi connectivity index (χ1) is 10.9. The van der Waals surface area contributed by atoms with Gasteiger partial charge in [-0.3, -0.25) is 0 Å². The summed E-state index contributed by atoms with van der Waals surface area (Å²) in [4.78, 5) is 32.9. The van der Waals surface area contributed by atoms with E-state index in [1.54, 1.807) is 12.1 Å². The number of carbonyl (C=O) groups is 3. The molecule has 1 aliphatic heterocycles. The number of rotatable bonds is 4. The Labute approximate surface area is 132 Å². The van der Waals surface area contributed by atoms with Crippen LogP contribution in [-0.2, 0) is 14.3 Å². The first-order valence-corrected chi connectivity index (χ1v) is 6.95. The van der Waals surface area contributed by atoms with Crippen LogP contribution in [0.4, 0.5) is 0 Å². The first kappa shape index (κ1) is 18.4.